The number of amides is 3. The van der Waals surface area contributed by atoms with Crippen LogP contribution in [0.2, 0.25) is 0 Å². The molecule has 3 N–H and O–H groups in total. The predicted octanol–water partition coefficient (Wildman–Crippen LogP) is 5.29. The molecule has 0 saturated heterocycles. The van der Waals surface area contributed by atoms with Gasteiger partial charge in [0.15, 0.2) is 29.6 Å². The van der Waals surface area contributed by atoms with Crippen molar-refractivity contribution < 1.29 is 42.5 Å². The van der Waals surface area contributed by atoms with Crippen molar-refractivity contribution in [2.45, 2.75) is 33.4 Å². The fourth-order valence-electron chi connectivity index (χ4n) is 4.61. The highest BCUT2D eigenvalue weighted by atomic mass is 79.9. The highest BCUT2D eigenvalue weighted by molar-refractivity contribution is 9.10. The number of esters is 1. The van der Waals surface area contributed by atoms with E-state index in [1.807, 2.05) is 6.92 Å². The Labute approximate surface area is 279 Å². The van der Waals surface area contributed by atoms with Crippen LogP contribution in [-0.4, -0.2) is 51.1 Å². The van der Waals surface area contributed by atoms with E-state index in [2.05, 4.69) is 37.1 Å². The summed E-state index contributed by atoms with van der Waals surface area (Å²) in [5.74, 6) is -0.0428. The van der Waals surface area contributed by atoms with Crippen LogP contribution in [0.1, 0.15) is 43.5 Å². The summed E-state index contributed by atoms with van der Waals surface area (Å²) < 4.78 is 42.1. The molecule has 0 fully saturated rings. The van der Waals surface area contributed by atoms with Crippen molar-refractivity contribution in [3.05, 3.63) is 92.8 Å². The quantitative estimate of drug-likeness (QED) is 0.116. The van der Waals surface area contributed by atoms with Crippen LogP contribution in [0.4, 0.5) is 9.18 Å². The van der Waals surface area contributed by atoms with Crippen molar-refractivity contribution in [1.82, 2.24) is 16.1 Å². The van der Waals surface area contributed by atoms with Crippen molar-refractivity contribution >= 4 is 40.1 Å². The number of methoxy groups -OCH3 is 1. The topological polar surface area (TPSA) is 146 Å². The maximum absolute atomic E-state index is 13.5. The maximum atomic E-state index is 13.5. The lowest BCUT2D eigenvalue weighted by atomic mass is 9.95. The van der Waals surface area contributed by atoms with E-state index in [0.717, 1.165) is 0 Å². The Balaban J connectivity index is 1.39. The van der Waals surface area contributed by atoms with Crippen LogP contribution in [0.15, 0.2) is 75.4 Å². The fourth-order valence-corrected chi connectivity index (χ4v) is 5.18. The number of nitrogens with zero attached hydrogens (tertiary/aromatic N) is 1. The van der Waals surface area contributed by atoms with Gasteiger partial charge in [0.05, 0.1) is 42.6 Å². The summed E-state index contributed by atoms with van der Waals surface area (Å²) in [6, 6.07) is 13.1. The van der Waals surface area contributed by atoms with Gasteiger partial charge in [-0.1, -0.05) is 18.2 Å². The number of hydrogen-bond acceptors (Lipinski definition) is 9. The average Bonchev–Trinajstić information content (AvgIpc) is 3.03. The molecule has 1 aliphatic heterocycles. The second-order valence-electron chi connectivity index (χ2n) is 9.96. The molecular weight excluding hydrogens is 679 g/mol. The molecule has 1 heterocycles. The zero-order valence-electron chi connectivity index (χ0n) is 26.1. The summed E-state index contributed by atoms with van der Waals surface area (Å²) in [6.07, 6.45) is 1.43. The number of halogens is 2. The largest absolute Gasteiger partial charge is 0.493 e. The number of hydrogen-bond donors (Lipinski definition) is 3. The third-order valence-electron chi connectivity index (χ3n) is 6.65. The second kappa shape index (κ2) is 16.5. The average molecular weight is 714 g/mol. The van der Waals surface area contributed by atoms with Crippen molar-refractivity contribution in [3.8, 4) is 23.0 Å². The molecule has 3 aromatic carbocycles. The molecular formula is C33H34BrFN4O8. The number of allylic oxidation sites excluding steroid dienone is 1. The van der Waals surface area contributed by atoms with Gasteiger partial charge in [0.1, 0.15) is 12.4 Å². The van der Waals surface area contributed by atoms with Crippen LogP contribution in [0.25, 0.3) is 0 Å². The summed E-state index contributed by atoms with van der Waals surface area (Å²) >= 11 is 3.49. The van der Waals surface area contributed by atoms with Crippen LogP contribution in [0.5, 0.6) is 23.0 Å². The summed E-state index contributed by atoms with van der Waals surface area (Å²) in [7, 11) is 1.43. The highest BCUT2D eigenvalue weighted by Gasteiger charge is 2.32. The van der Waals surface area contributed by atoms with E-state index in [-0.39, 0.29) is 42.7 Å². The van der Waals surface area contributed by atoms with E-state index in [1.165, 1.54) is 25.5 Å². The molecule has 47 heavy (non-hydrogen) atoms. The molecule has 248 valence electrons. The highest BCUT2D eigenvalue weighted by Crippen LogP contribution is 2.37. The molecule has 0 aromatic heterocycles. The van der Waals surface area contributed by atoms with E-state index in [4.69, 9.17) is 23.7 Å². The molecule has 0 bridgehead atoms. The van der Waals surface area contributed by atoms with Gasteiger partial charge in [-0.2, -0.15) is 5.10 Å². The minimum Gasteiger partial charge on any atom is -0.493 e. The fraction of sp³-hybridized carbons (Fsp3) is 0.273. The molecule has 1 atom stereocenters. The monoisotopic (exact) mass is 712 g/mol. The SMILES string of the molecule is CCOC(=O)C1=C(C)NC(=O)N[C@H]1c1ccc(OCC(=O)N/N=C\c2cc(Br)c(OCc3cccc(F)c3)c(OCC)c2)c(OC)c1. The van der Waals surface area contributed by atoms with Gasteiger partial charge in [-0.25, -0.2) is 19.4 Å². The first kappa shape index (κ1) is 34.8. The first-order valence-electron chi connectivity index (χ1n) is 14.5. The van der Waals surface area contributed by atoms with E-state index in [1.54, 1.807) is 56.3 Å². The number of ether oxygens (including phenoxy) is 5. The third kappa shape index (κ3) is 9.22. The molecule has 12 nitrogen and oxygen atoms in total. The van der Waals surface area contributed by atoms with Crippen molar-refractivity contribution in [1.29, 1.82) is 0 Å². The Bertz CT molecular complexity index is 1700. The molecule has 1 aliphatic rings. The lowest BCUT2D eigenvalue weighted by Crippen LogP contribution is -2.45. The summed E-state index contributed by atoms with van der Waals surface area (Å²) in [5, 5.41) is 9.32. The van der Waals surface area contributed by atoms with Gasteiger partial charge in [-0.3, -0.25) is 4.79 Å². The van der Waals surface area contributed by atoms with Crippen molar-refractivity contribution in [2.24, 2.45) is 5.10 Å². The van der Waals surface area contributed by atoms with Gasteiger partial charge in [0.2, 0.25) is 0 Å². The summed E-state index contributed by atoms with van der Waals surface area (Å²) in [5.41, 5.74) is 4.85. The molecule has 0 saturated carbocycles. The Morgan fingerprint density at radius 2 is 1.83 bits per heavy atom. The Morgan fingerprint density at radius 1 is 1.02 bits per heavy atom. The standard InChI is InChI=1S/C33H34BrFN4O8/c1-5-44-27-14-21(13-24(34)31(27)47-17-20-8-7-9-23(35)12-20)16-36-39-28(40)18-46-25-11-10-22(15-26(25)43-4)30-29(32(41)45-6-2)19(3)37-33(42)38-30/h7-16,30H,5-6,17-18H2,1-4H3,(H,39,40)(H2,37,38,42)/b36-16-/t30-/m0/s1. The van der Waals surface area contributed by atoms with Crippen LogP contribution in [-0.2, 0) is 20.9 Å². The maximum Gasteiger partial charge on any atom is 0.338 e. The van der Waals surface area contributed by atoms with E-state index >= 15 is 0 Å². The number of carbonyl (C=O) groups excluding carboxylic acids is 3. The van der Waals surface area contributed by atoms with Crippen molar-refractivity contribution in [3.63, 3.8) is 0 Å². The van der Waals surface area contributed by atoms with Crippen LogP contribution < -0.4 is 35.0 Å². The van der Waals surface area contributed by atoms with E-state index in [0.29, 0.717) is 45.0 Å². The minimum absolute atomic E-state index is 0.132. The van der Waals surface area contributed by atoms with Gasteiger partial charge in [0.25, 0.3) is 5.91 Å². The lowest BCUT2D eigenvalue weighted by molar-refractivity contribution is -0.139. The third-order valence-corrected chi connectivity index (χ3v) is 7.24. The summed E-state index contributed by atoms with van der Waals surface area (Å²) in [6.45, 7) is 5.43. The molecule has 14 heteroatoms. The molecule has 0 spiro atoms. The normalized spacial score (nSPS) is 14.3. The smallest absolute Gasteiger partial charge is 0.338 e. The minimum atomic E-state index is -0.791. The molecule has 3 aromatic rings. The lowest BCUT2D eigenvalue weighted by Gasteiger charge is -2.28. The van der Waals surface area contributed by atoms with Gasteiger partial charge >= 0.3 is 12.0 Å². The second-order valence-corrected chi connectivity index (χ2v) is 10.8. The molecule has 0 unspecified atom stereocenters. The van der Waals surface area contributed by atoms with Gasteiger partial charge in [0, 0.05) is 5.70 Å². The van der Waals surface area contributed by atoms with E-state index in [9.17, 15) is 18.8 Å². The number of hydrazone groups is 1. The number of urea groups is 1. The molecule has 3 amide bonds. The van der Waals surface area contributed by atoms with Gasteiger partial charge in [-0.05, 0) is 89.8 Å². The molecule has 0 radical (unpaired) electrons. The van der Waals surface area contributed by atoms with E-state index < -0.39 is 23.9 Å². The number of carbonyl (C=O) groups is 3. The van der Waals surface area contributed by atoms with Crippen LogP contribution >= 0.6 is 15.9 Å². The number of nitrogens with one attached hydrogen (secondary N) is 3. The first-order valence-corrected chi connectivity index (χ1v) is 15.3. The molecule has 4 rings (SSSR count). The Hall–Kier alpha value is -5.11. The first-order chi connectivity index (χ1) is 22.6. The Morgan fingerprint density at radius 3 is 2.55 bits per heavy atom. The zero-order valence-corrected chi connectivity index (χ0v) is 27.7. The molecule has 0 aliphatic carbocycles. The Kier molecular flexibility index (Phi) is 12.2. The number of benzene rings is 3. The van der Waals surface area contributed by atoms with Gasteiger partial charge < -0.3 is 34.3 Å². The van der Waals surface area contributed by atoms with Gasteiger partial charge in [-0.15, -0.1) is 0 Å². The van der Waals surface area contributed by atoms with Crippen LogP contribution in [0.3, 0.4) is 0 Å². The van der Waals surface area contributed by atoms with Crippen molar-refractivity contribution in [2.75, 3.05) is 26.9 Å². The van der Waals surface area contributed by atoms with Crippen LogP contribution in [0, 0.1) is 5.82 Å². The predicted molar refractivity (Wildman–Crippen MR) is 174 cm³/mol. The zero-order chi connectivity index (χ0) is 33.9. The summed E-state index contributed by atoms with van der Waals surface area (Å²) in [4.78, 5) is 37.3. The number of rotatable bonds is 14.